The summed E-state index contributed by atoms with van der Waals surface area (Å²) in [7, 11) is 0. The van der Waals surface area contributed by atoms with Gasteiger partial charge in [-0.2, -0.15) is 0 Å². The van der Waals surface area contributed by atoms with E-state index in [1.807, 2.05) is 0 Å². The van der Waals surface area contributed by atoms with Crippen LogP contribution >= 0.6 is 0 Å². The van der Waals surface area contributed by atoms with E-state index in [9.17, 15) is 19.2 Å². The van der Waals surface area contributed by atoms with Gasteiger partial charge in [-0.25, -0.2) is 9.59 Å². The molecule has 1 aliphatic carbocycles. The maximum absolute atomic E-state index is 11.6. The molecule has 2 aromatic rings. The van der Waals surface area contributed by atoms with Gasteiger partial charge in [0.15, 0.2) is 12.1 Å². The molecule has 0 spiro atoms. The highest BCUT2D eigenvalue weighted by molar-refractivity contribution is 6.15. The van der Waals surface area contributed by atoms with Crippen LogP contribution in [0, 0.1) is 5.92 Å². The van der Waals surface area contributed by atoms with Gasteiger partial charge in [0.05, 0.1) is 11.1 Å². The van der Waals surface area contributed by atoms with Crippen molar-refractivity contribution in [2.75, 3.05) is 0 Å². The van der Waals surface area contributed by atoms with Gasteiger partial charge >= 0.3 is 11.9 Å². The summed E-state index contributed by atoms with van der Waals surface area (Å²) in [5.74, 6) is -0.481. The van der Waals surface area contributed by atoms with Gasteiger partial charge in [0.25, 0.3) is 0 Å². The first-order valence-electron chi connectivity index (χ1n) is 8.41. The van der Waals surface area contributed by atoms with Gasteiger partial charge in [0.1, 0.15) is 0 Å². The molecule has 0 atom stereocenters. The molecule has 0 unspecified atom stereocenters. The third-order valence-corrected chi connectivity index (χ3v) is 4.40. The number of ketones is 1. The first-order valence-corrected chi connectivity index (χ1v) is 8.41. The molecule has 0 bridgehead atoms. The van der Waals surface area contributed by atoms with E-state index in [0.717, 1.165) is 5.92 Å². The van der Waals surface area contributed by atoms with Gasteiger partial charge in [-0.05, 0) is 42.2 Å². The SMILES string of the molecule is CC(=O)c1cc(-c2ccc3c(c2)C(=O)OC3=O)ccc1C=O.CC1CC1. The first kappa shape index (κ1) is 17.7. The fourth-order valence-corrected chi connectivity index (χ4v) is 2.58. The summed E-state index contributed by atoms with van der Waals surface area (Å²) in [5, 5.41) is 0. The summed E-state index contributed by atoms with van der Waals surface area (Å²) < 4.78 is 4.54. The number of fused-ring (bicyclic) bond motifs is 1. The van der Waals surface area contributed by atoms with Crippen LogP contribution in [0.25, 0.3) is 11.1 Å². The van der Waals surface area contributed by atoms with E-state index in [1.54, 1.807) is 30.3 Å². The molecule has 1 heterocycles. The van der Waals surface area contributed by atoms with Crippen LogP contribution in [0.15, 0.2) is 36.4 Å². The zero-order chi connectivity index (χ0) is 18.8. The predicted molar refractivity (Wildman–Crippen MR) is 95.4 cm³/mol. The Morgan fingerprint density at radius 2 is 1.58 bits per heavy atom. The maximum atomic E-state index is 11.6. The molecule has 26 heavy (non-hydrogen) atoms. The minimum absolute atomic E-state index is 0.200. The summed E-state index contributed by atoms with van der Waals surface area (Å²) in [5.41, 5.74) is 2.38. The normalized spacial score (nSPS) is 14.8. The van der Waals surface area contributed by atoms with Gasteiger partial charge in [-0.15, -0.1) is 0 Å². The number of esters is 2. The molecular formula is C21H18O5. The van der Waals surface area contributed by atoms with Crippen molar-refractivity contribution in [3.63, 3.8) is 0 Å². The van der Waals surface area contributed by atoms with Crippen LogP contribution in [0.3, 0.4) is 0 Å². The van der Waals surface area contributed by atoms with Gasteiger partial charge in [0.2, 0.25) is 0 Å². The molecule has 0 saturated heterocycles. The van der Waals surface area contributed by atoms with E-state index in [0.29, 0.717) is 28.5 Å². The average molecular weight is 350 g/mol. The lowest BCUT2D eigenvalue weighted by molar-refractivity contribution is 0.0443. The average Bonchev–Trinajstić information content (AvgIpc) is 3.37. The number of hydrogen-bond donors (Lipinski definition) is 0. The second-order valence-corrected chi connectivity index (χ2v) is 6.60. The highest BCUT2D eigenvalue weighted by Crippen LogP contribution is 2.28. The van der Waals surface area contributed by atoms with Crippen LogP contribution < -0.4 is 0 Å². The second kappa shape index (κ2) is 7.04. The van der Waals surface area contributed by atoms with E-state index in [-0.39, 0.29) is 16.9 Å². The van der Waals surface area contributed by atoms with E-state index < -0.39 is 11.9 Å². The summed E-state index contributed by atoms with van der Waals surface area (Å²) in [6, 6.07) is 9.55. The quantitative estimate of drug-likeness (QED) is 0.360. The molecule has 5 heteroatoms. The largest absolute Gasteiger partial charge is 0.386 e. The van der Waals surface area contributed by atoms with Gasteiger partial charge in [0, 0.05) is 11.1 Å². The van der Waals surface area contributed by atoms with Crippen LogP contribution in [-0.4, -0.2) is 24.0 Å². The number of ether oxygens (including phenoxy) is 1. The molecule has 4 rings (SSSR count). The standard InChI is InChI=1S/C17H10O5.C4H8/c1-9(19)14-6-10(2-3-12(14)8-18)11-4-5-13-15(7-11)17(21)22-16(13)20;1-4-2-3-4/h2-8H,1H3;4H,2-3H2,1H3. The van der Waals surface area contributed by atoms with Crippen molar-refractivity contribution in [1.82, 2.24) is 0 Å². The van der Waals surface area contributed by atoms with Crippen molar-refractivity contribution in [2.45, 2.75) is 26.7 Å². The van der Waals surface area contributed by atoms with Crippen molar-refractivity contribution < 1.29 is 23.9 Å². The monoisotopic (exact) mass is 350 g/mol. The van der Waals surface area contributed by atoms with Crippen LogP contribution in [-0.2, 0) is 4.74 Å². The molecular weight excluding hydrogens is 332 g/mol. The lowest BCUT2D eigenvalue weighted by atomic mass is 9.95. The smallest absolute Gasteiger partial charge is 0.346 e. The van der Waals surface area contributed by atoms with Crippen LogP contribution in [0.2, 0.25) is 0 Å². The van der Waals surface area contributed by atoms with Crippen molar-refractivity contribution in [2.24, 2.45) is 5.92 Å². The number of Topliss-reactive ketones (excluding diaryl/α,β-unsaturated/α-hetero) is 1. The lowest BCUT2D eigenvalue weighted by Crippen LogP contribution is -1.99. The van der Waals surface area contributed by atoms with Gasteiger partial charge in [-0.3, -0.25) is 9.59 Å². The molecule has 5 nitrogen and oxygen atoms in total. The number of carbonyl (C=O) groups is 4. The van der Waals surface area contributed by atoms with Gasteiger partial charge in [-0.1, -0.05) is 38.0 Å². The molecule has 0 aromatic heterocycles. The number of hydrogen-bond acceptors (Lipinski definition) is 5. The number of cyclic esters (lactones) is 2. The van der Waals surface area contributed by atoms with Crippen LogP contribution in [0.5, 0.6) is 0 Å². The minimum Gasteiger partial charge on any atom is -0.386 e. The molecule has 0 radical (unpaired) electrons. The Kier molecular flexibility index (Phi) is 4.80. The van der Waals surface area contributed by atoms with E-state index in [4.69, 9.17) is 0 Å². The number of aldehydes is 1. The molecule has 1 saturated carbocycles. The predicted octanol–water partition coefficient (Wildman–Crippen LogP) is 4.10. The van der Waals surface area contributed by atoms with E-state index in [1.165, 1.54) is 25.8 Å². The molecule has 2 aromatic carbocycles. The molecule has 0 amide bonds. The Bertz CT molecular complexity index is 913. The number of benzene rings is 2. The molecule has 2 aliphatic rings. The zero-order valence-corrected chi connectivity index (χ0v) is 14.6. The third-order valence-electron chi connectivity index (χ3n) is 4.40. The summed E-state index contributed by atoms with van der Waals surface area (Å²) >= 11 is 0. The topological polar surface area (TPSA) is 77.5 Å². The summed E-state index contributed by atoms with van der Waals surface area (Å²) in [6.07, 6.45) is 3.60. The Hall–Kier alpha value is -3.08. The minimum atomic E-state index is -0.682. The van der Waals surface area contributed by atoms with Crippen molar-refractivity contribution in [1.29, 1.82) is 0 Å². The molecule has 132 valence electrons. The van der Waals surface area contributed by atoms with Crippen molar-refractivity contribution in [3.8, 4) is 11.1 Å². The Labute approximate surface area is 151 Å². The Morgan fingerprint density at radius 1 is 1.00 bits per heavy atom. The number of carbonyl (C=O) groups excluding carboxylic acids is 4. The Balaban J connectivity index is 0.000000433. The summed E-state index contributed by atoms with van der Waals surface area (Å²) in [4.78, 5) is 45.6. The highest BCUT2D eigenvalue weighted by atomic mass is 16.6. The molecule has 1 aliphatic heterocycles. The zero-order valence-electron chi connectivity index (χ0n) is 14.6. The maximum Gasteiger partial charge on any atom is 0.346 e. The Morgan fingerprint density at radius 3 is 2.15 bits per heavy atom. The van der Waals surface area contributed by atoms with Crippen molar-refractivity contribution in [3.05, 3.63) is 58.7 Å². The molecule has 0 N–H and O–H groups in total. The van der Waals surface area contributed by atoms with E-state index in [2.05, 4.69) is 11.7 Å². The number of rotatable bonds is 3. The highest BCUT2D eigenvalue weighted by Gasteiger charge is 2.29. The second-order valence-electron chi connectivity index (χ2n) is 6.60. The fraction of sp³-hybridized carbons (Fsp3) is 0.238. The summed E-state index contributed by atoms with van der Waals surface area (Å²) in [6.45, 7) is 3.66. The first-order chi connectivity index (χ1) is 12.4. The third kappa shape index (κ3) is 3.61. The van der Waals surface area contributed by atoms with Crippen LogP contribution in [0.1, 0.15) is 68.1 Å². The van der Waals surface area contributed by atoms with Gasteiger partial charge < -0.3 is 4.74 Å². The molecule has 1 fully saturated rings. The van der Waals surface area contributed by atoms with E-state index >= 15 is 0 Å². The van der Waals surface area contributed by atoms with Crippen molar-refractivity contribution >= 4 is 24.0 Å². The fourth-order valence-electron chi connectivity index (χ4n) is 2.58. The lowest BCUT2D eigenvalue weighted by Gasteiger charge is -2.07. The van der Waals surface area contributed by atoms with Crippen LogP contribution in [0.4, 0.5) is 0 Å².